The lowest BCUT2D eigenvalue weighted by molar-refractivity contribution is 0.0779. The Morgan fingerprint density at radius 2 is 1.88 bits per heavy atom. The Bertz CT molecular complexity index is 918. The Morgan fingerprint density at radius 1 is 1.12 bits per heavy atom. The van der Waals surface area contributed by atoms with E-state index in [0.29, 0.717) is 28.0 Å². The van der Waals surface area contributed by atoms with Crippen LogP contribution in [0, 0.1) is 0 Å². The lowest BCUT2D eigenvalue weighted by Crippen LogP contribution is -2.27. The van der Waals surface area contributed by atoms with Crippen LogP contribution in [0.15, 0.2) is 60.8 Å². The summed E-state index contributed by atoms with van der Waals surface area (Å²) in [4.78, 5) is 22.7. The summed E-state index contributed by atoms with van der Waals surface area (Å²) in [5, 5.41) is 3.98. The lowest BCUT2D eigenvalue weighted by atomic mass is 10.2. The molecular weight excluding hydrogens is 371 g/mol. The van der Waals surface area contributed by atoms with E-state index in [1.807, 2.05) is 30.3 Å². The van der Waals surface area contributed by atoms with Gasteiger partial charge >= 0.3 is 0 Å². The minimum Gasteiger partial charge on any atom is -0.336 e. The number of hydrogen-bond donors (Lipinski definition) is 1. The number of aromatic nitrogens is 2. The molecule has 0 saturated heterocycles. The number of anilines is 2. The van der Waals surface area contributed by atoms with E-state index in [0.717, 1.165) is 5.56 Å². The highest BCUT2D eigenvalue weighted by atomic mass is 35.5. The van der Waals surface area contributed by atoms with Crippen LogP contribution in [0.25, 0.3) is 0 Å². The fourth-order valence-electron chi connectivity index (χ4n) is 2.37. The van der Waals surface area contributed by atoms with Crippen molar-refractivity contribution < 1.29 is 4.79 Å². The van der Waals surface area contributed by atoms with Gasteiger partial charge in [0.1, 0.15) is 5.69 Å². The molecule has 132 valence electrons. The topological polar surface area (TPSA) is 58.1 Å². The fraction of sp³-hybridized carbons (Fsp3) is 0.105. The van der Waals surface area contributed by atoms with E-state index in [2.05, 4.69) is 15.3 Å². The third kappa shape index (κ3) is 4.50. The van der Waals surface area contributed by atoms with Gasteiger partial charge < -0.3 is 10.2 Å². The van der Waals surface area contributed by atoms with Gasteiger partial charge in [0, 0.05) is 24.8 Å². The van der Waals surface area contributed by atoms with E-state index in [9.17, 15) is 4.79 Å². The average Bonchev–Trinajstić information content (AvgIpc) is 2.64. The molecule has 0 atom stereocenters. The molecule has 0 saturated carbocycles. The Hall–Kier alpha value is -2.63. The molecule has 0 spiro atoms. The highest BCUT2D eigenvalue weighted by Gasteiger charge is 2.15. The van der Waals surface area contributed by atoms with E-state index >= 15 is 0 Å². The molecule has 26 heavy (non-hydrogen) atoms. The summed E-state index contributed by atoms with van der Waals surface area (Å²) in [6.45, 7) is 0.495. The van der Waals surface area contributed by atoms with Crippen LogP contribution in [-0.2, 0) is 6.54 Å². The summed E-state index contributed by atoms with van der Waals surface area (Å²) in [6, 6.07) is 16.4. The number of amides is 1. The van der Waals surface area contributed by atoms with Crippen molar-refractivity contribution in [2.45, 2.75) is 6.54 Å². The maximum Gasteiger partial charge on any atom is 0.272 e. The summed E-state index contributed by atoms with van der Waals surface area (Å²) < 4.78 is 0. The van der Waals surface area contributed by atoms with Crippen molar-refractivity contribution in [2.24, 2.45) is 0 Å². The molecule has 1 amide bonds. The van der Waals surface area contributed by atoms with Gasteiger partial charge in [-0.1, -0.05) is 53.5 Å². The normalized spacial score (nSPS) is 10.4. The van der Waals surface area contributed by atoms with Crippen molar-refractivity contribution in [3.05, 3.63) is 82.1 Å². The van der Waals surface area contributed by atoms with E-state index in [1.165, 1.54) is 6.20 Å². The van der Waals surface area contributed by atoms with Gasteiger partial charge in [-0.05, 0) is 29.8 Å². The predicted molar refractivity (Wildman–Crippen MR) is 104 cm³/mol. The van der Waals surface area contributed by atoms with Crippen LogP contribution in [0.1, 0.15) is 16.1 Å². The van der Waals surface area contributed by atoms with Crippen LogP contribution >= 0.6 is 23.2 Å². The third-order valence-corrected chi connectivity index (χ3v) is 4.21. The smallest absolute Gasteiger partial charge is 0.272 e. The summed E-state index contributed by atoms with van der Waals surface area (Å²) in [5.41, 5.74) is 1.95. The average molecular weight is 387 g/mol. The molecule has 3 rings (SSSR count). The Balaban J connectivity index is 1.74. The maximum absolute atomic E-state index is 12.6. The Labute approximate surface area is 161 Å². The number of rotatable bonds is 5. The van der Waals surface area contributed by atoms with E-state index in [-0.39, 0.29) is 11.9 Å². The number of nitrogens with one attached hydrogen (secondary N) is 1. The van der Waals surface area contributed by atoms with Gasteiger partial charge in [0.25, 0.3) is 5.91 Å². The molecule has 1 N–H and O–H groups in total. The number of hydrogen-bond acceptors (Lipinski definition) is 4. The molecule has 2 aromatic carbocycles. The first-order valence-corrected chi connectivity index (χ1v) is 8.63. The van der Waals surface area contributed by atoms with Gasteiger partial charge in [-0.2, -0.15) is 0 Å². The van der Waals surface area contributed by atoms with Gasteiger partial charge in [0.15, 0.2) is 0 Å². The summed E-state index contributed by atoms with van der Waals surface area (Å²) in [7, 11) is 1.74. The van der Waals surface area contributed by atoms with Crippen LogP contribution < -0.4 is 5.32 Å². The highest BCUT2D eigenvalue weighted by molar-refractivity contribution is 6.36. The van der Waals surface area contributed by atoms with Crippen molar-refractivity contribution in [2.75, 3.05) is 12.4 Å². The van der Waals surface area contributed by atoms with Gasteiger partial charge in [0.2, 0.25) is 5.95 Å². The van der Waals surface area contributed by atoms with Crippen molar-refractivity contribution in [3.8, 4) is 0 Å². The minimum atomic E-state index is -0.193. The zero-order valence-electron chi connectivity index (χ0n) is 14.0. The first-order valence-electron chi connectivity index (χ1n) is 7.87. The van der Waals surface area contributed by atoms with Crippen molar-refractivity contribution in [1.82, 2.24) is 14.9 Å². The molecule has 7 heteroatoms. The fourth-order valence-corrected chi connectivity index (χ4v) is 2.83. The number of benzene rings is 2. The molecule has 0 aliphatic carbocycles. The van der Waals surface area contributed by atoms with Crippen LogP contribution in [-0.4, -0.2) is 27.8 Å². The van der Waals surface area contributed by atoms with Crippen LogP contribution in [0.3, 0.4) is 0 Å². The van der Waals surface area contributed by atoms with Crippen LogP contribution in [0.4, 0.5) is 11.6 Å². The first-order chi connectivity index (χ1) is 12.5. The minimum absolute atomic E-state index is 0.193. The highest BCUT2D eigenvalue weighted by Crippen LogP contribution is 2.27. The van der Waals surface area contributed by atoms with E-state index in [1.54, 1.807) is 36.2 Å². The molecule has 0 aliphatic rings. The molecule has 1 heterocycles. The molecule has 3 aromatic rings. The molecule has 0 unspecified atom stereocenters. The summed E-state index contributed by atoms with van der Waals surface area (Å²) in [5.74, 6) is 0.0923. The molecule has 1 aromatic heterocycles. The Kier molecular flexibility index (Phi) is 5.71. The largest absolute Gasteiger partial charge is 0.336 e. The molecule has 0 aliphatic heterocycles. The second-order valence-electron chi connectivity index (χ2n) is 5.66. The van der Waals surface area contributed by atoms with Crippen LogP contribution in [0.2, 0.25) is 10.0 Å². The molecule has 0 radical (unpaired) electrons. The second-order valence-corrected chi connectivity index (χ2v) is 6.51. The zero-order chi connectivity index (χ0) is 18.5. The zero-order valence-corrected chi connectivity index (χ0v) is 15.5. The van der Waals surface area contributed by atoms with Gasteiger partial charge in [-0.15, -0.1) is 0 Å². The van der Waals surface area contributed by atoms with Crippen molar-refractivity contribution in [3.63, 3.8) is 0 Å². The first kappa shape index (κ1) is 18.2. The standard InChI is InChI=1S/C19H16Cl2N4O/c1-25(12-13-5-3-2-4-6-13)18(26)17-9-10-22-19(24-17)23-16-8-7-14(20)11-15(16)21/h2-11H,12H2,1H3,(H,22,23,24). The van der Waals surface area contributed by atoms with Gasteiger partial charge in [0.05, 0.1) is 10.7 Å². The van der Waals surface area contributed by atoms with E-state index in [4.69, 9.17) is 23.2 Å². The molecule has 5 nitrogen and oxygen atoms in total. The Morgan fingerprint density at radius 3 is 2.62 bits per heavy atom. The number of halogens is 2. The third-order valence-electron chi connectivity index (χ3n) is 3.66. The van der Waals surface area contributed by atoms with Crippen molar-refractivity contribution >= 4 is 40.7 Å². The molecule has 0 fully saturated rings. The SMILES string of the molecule is CN(Cc1ccccc1)C(=O)c1ccnc(Nc2ccc(Cl)cc2Cl)n1. The van der Waals surface area contributed by atoms with E-state index < -0.39 is 0 Å². The molecule has 0 bridgehead atoms. The monoisotopic (exact) mass is 386 g/mol. The summed E-state index contributed by atoms with van der Waals surface area (Å²) >= 11 is 12.0. The maximum atomic E-state index is 12.6. The van der Waals surface area contributed by atoms with Gasteiger partial charge in [-0.3, -0.25) is 4.79 Å². The number of carbonyl (C=O) groups excluding carboxylic acids is 1. The second kappa shape index (κ2) is 8.17. The quantitative estimate of drug-likeness (QED) is 0.683. The van der Waals surface area contributed by atoms with Gasteiger partial charge in [-0.25, -0.2) is 9.97 Å². The number of nitrogens with zero attached hydrogens (tertiary/aromatic N) is 3. The van der Waals surface area contributed by atoms with Crippen LogP contribution in [0.5, 0.6) is 0 Å². The lowest BCUT2D eigenvalue weighted by Gasteiger charge is -2.17. The van der Waals surface area contributed by atoms with Crippen molar-refractivity contribution in [1.29, 1.82) is 0 Å². The number of carbonyl (C=O) groups is 1. The predicted octanol–water partition coefficient (Wildman–Crippen LogP) is 4.80. The molecular formula is C19H16Cl2N4O. The summed E-state index contributed by atoms with van der Waals surface area (Å²) in [6.07, 6.45) is 1.53.